The van der Waals surface area contributed by atoms with Crippen LogP contribution in [0.1, 0.15) is 26.3 Å². The first-order valence-corrected chi connectivity index (χ1v) is 8.13. The molecule has 120 valence electrons. The second kappa shape index (κ2) is 5.96. The van der Waals surface area contributed by atoms with Crippen molar-refractivity contribution in [3.8, 4) is 0 Å². The number of nitrogens with two attached hydrogens (primary N) is 1. The SMILES string of the molecule is CC(C)(C)c1ccc(S(=O)(=O)CC(CN)C(F)(F)F)cc1. The molecule has 0 radical (unpaired) electrons. The summed E-state index contributed by atoms with van der Waals surface area (Å²) in [6.07, 6.45) is -4.62. The Morgan fingerprint density at radius 2 is 1.57 bits per heavy atom. The van der Waals surface area contributed by atoms with Crippen molar-refractivity contribution in [2.75, 3.05) is 12.3 Å². The summed E-state index contributed by atoms with van der Waals surface area (Å²) < 4.78 is 62.0. The van der Waals surface area contributed by atoms with Crippen molar-refractivity contribution in [2.45, 2.75) is 37.3 Å². The molecule has 0 saturated heterocycles. The average Bonchev–Trinajstić information content (AvgIpc) is 2.34. The van der Waals surface area contributed by atoms with E-state index in [4.69, 9.17) is 5.73 Å². The zero-order chi connectivity index (χ0) is 16.5. The normalized spacial score (nSPS) is 15.0. The molecule has 0 aromatic heterocycles. The lowest BCUT2D eigenvalue weighted by atomic mass is 9.87. The van der Waals surface area contributed by atoms with Crippen molar-refractivity contribution < 1.29 is 21.6 Å². The molecule has 1 unspecified atom stereocenters. The van der Waals surface area contributed by atoms with Crippen molar-refractivity contribution in [1.82, 2.24) is 0 Å². The third kappa shape index (κ3) is 4.71. The molecular weight excluding hydrogens is 303 g/mol. The highest BCUT2D eigenvalue weighted by Gasteiger charge is 2.41. The van der Waals surface area contributed by atoms with Gasteiger partial charge in [0.1, 0.15) is 0 Å². The average molecular weight is 323 g/mol. The van der Waals surface area contributed by atoms with Crippen molar-refractivity contribution in [1.29, 1.82) is 0 Å². The van der Waals surface area contributed by atoms with Crippen LogP contribution < -0.4 is 5.73 Å². The molecule has 1 rings (SSSR count). The minimum atomic E-state index is -4.62. The first kappa shape index (κ1) is 18.0. The van der Waals surface area contributed by atoms with Gasteiger partial charge in [-0.15, -0.1) is 0 Å². The molecule has 0 saturated carbocycles. The second-order valence-electron chi connectivity index (χ2n) is 6.03. The Morgan fingerprint density at radius 1 is 1.10 bits per heavy atom. The van der Waals surface area contributed by atoms with E-state index in [0.717, 1.165) is 5.56 Å². The van der Waals surface area contributed by atoms with Gasteiger partial charge in [-0.05, 0) is 23.1 Å². The lowest BCUT2D eigenvalue weighted by Gasteiger charge is -2.20. The van der Waals surface area contributed by atoms with Crippen LogP contribution in [0, 0.1) is 5.92 Å². The van der Waals surface area contributed by atoms with Crippen LogP contribution in [0.5, 0.6) is 0 Å². The van der Waals surface area contributed by atoms with Gasteiger partial charge in [0, 0.05) is 6.54 Å². The lowest BCUT2D eigenvalue weighted by Crippen LogP contribution is -2.36. The summed E-state index contributed by atoms with van der Waals surface area (Å²) >= 11 is 0. The molecule has 3 nitrogen and oxygen atoms in total. The minimum Gasteiger partial charge on any atom is -0.330 e. The number of rotatable bonds is 4. The van der Waals surface area contributed by atoms with Crippen LogP contribution in [0.25, 0.3) is 0 Å². The fourth-order valence-corrected chi connectivity index (χ4v) is 3.42. The summed E-state index contributed by atoms with van der Waals surface area (Å²) in [7, 11) is -4.02. The van der Waals surface area contributed by atoms with E-state index in [-0.39, 0.29) is 10.3 Å². The van der Waals surface area contributed by atoms with Crippen LogP contribution in [-0.2, 0) is 15.3 Å². The number of benzene rings is 1. The molecule has 0 bridgehead atoms. The molecule has 0 spiro atoms. The first-order valence-electron chi connectivity index (χ1n) is 6.48. The maximum Gasteiger partial charge on any atom is 0.394 e. The van der Waals surface area contributed by atoms with Crippen LogP contribution >= 0.6 is 0 Å². The predicted molar refractivity (Wildman–Crippen MR) is 75.8 cm³/mol. The van der Waals surface area contributed by atoms with Crippen LogP contribution in [0.4, 0.5) is 13.2 Å². The summed E-state index contributed by atoms with van der Waals surface area (Å²) in [6, 6.07) is 5.94. The molecule has 1 aromatic rings. The molecule has 0 amide bonds. The van der Waals surface area contributed by atoms with Gasteiger partial charge in [-0.25, -0.2) is 8.42 Å². The zero-order valence-electron chi connectivity index (χ0n) is 12.2. The van der Waals surface area contributed by atoms with E-state index in [1.54, 1.807) is 12.1 Å². The Labute approximate surface area is 123 Å². The Kier molecular flexibility index (Phi) is 5.10. The molecule has 1 aromatic carbocycles. The molecule has 0 heterocycles. The monoisotopic (exact) mass is 323 g/mol. The topological polar surface area (TPSA) is 60.2 Å². The third-order valence-electron chi connectivity index (χ3n) is 3.25. The van der Waals surface area contributed by atoms with E-state index < -0.39 is 34.2 Å². The third-order valence-corrected chi connectivity index (χ3v) is 5.08. The fourth-order valence-electron chi connectivity index (χ4n) is 1.82. The summed E-state index contributed by atoms with van der Waals surface area (Å²) in [6.45, 7) is 5.14. The van der Waals surface area contributed by atoms with Gasteiger partial charge in [-0.2, -0.15) is 13.2 Å². The molecule has 0 aliphatic heterocycles. The van der Waals surface area contributed by atoms with E-state index in [1.165, 1.54) is 12.1 Å². The Balaban J connectivity index is 3.04. The Bertz CT molecular complexity index is 572. The highest BCUT2D eigenvalue weighted by molar-refractivity contribution is 7.91. The molecule has 0 fully saturated rings. The van der Waals surface area contributed by atoms with Gasteiger partial charge in [0.2, 0.25) is 0 Å². The largest absolute Gasteiger partial charge is 0.394 e. The minimum absolute atomic E-state index is 0.113. The van der Waals surface area contributed by atoms with Crippen LogP contribution in [0.3, 0.4) is 0 Å². The molecule has 0 aliphatic carbocycles. The zero-order valence-corrected chi connectivity index (χ0v) is 13.1. The number of hydrogen-bond donors (Lipinski definition) is 1. The van der Waals surface area contributed by atoms with Crippen LogP contribution in [-0.4, -0.2) is 26.9 Å². The molecule has 21 heavy (non-hydrogen) atoms. The first-order chi connectivity index (χ1) is 9.38. The molecule has 1 atom stereocenters. The number of hydrogen-bond acceptors (Lipinski definition) is 3. The number of alkyl halides is 3. The lowest BCUT2D eigenvalue weighted by molar-refractivity contribution is -0.165. The smallest absolute Gasteiger partial charge is 0.330 e. The molecule has 0 aliphatic rings. The highest BCUT2D eigenvalue weighted by Crippen LogP contribution is 2.29. The number of halogens is 3. The Hall–Kier alpha value is -1.08. The summed E-state index contributed by atoms with van der Waals surface area (Å²) in [5.74, 6) is -3.08. The van der Waals surface area contributed by atoms with E-state index in [9.17, 15) is 21.6 Å². The van der Waals surface area contributed by atoms with Crippen molar-refractivity contribution in [3.63, 3.8) is 0 Å². The van der Waals surface area contributed by atoms with E-state index >= 15 is 0 Å². The highest BCUT2D eigenvalue weighted by atomic mass is 32.2. The summed E-state index contributed by atoms with van der Waals surface area (Å²) in [5.41, 5.74) is 5.79. The molecule has 2 N–H and O–H groups in total. The standard InChI is InChI=1S/C14H20F3NO2S/c1-13(2,3)10-4-6-12(7-5-10)21(19,20)9-11(8-18)14(15,16)17/h4-7,11H,8-9,18H2,1-3H3. The summed E-state index contributed by atoms with van der Waals surface area (Å²) in [4.78, 5) is -0.113. The Morgan fingerprint density at radius 3 is 1.90 bits per heavy atom. The van der Waals surface area contributed by atoms with Gasteiger partial charge in [0.05, 0.1) is 16.6 Å². The van der Waals surface area contributed by atoms with Gasteiger partial charge < -0.3 is 5.73 Å². The molecule has 7 heteroatoms. The van der Waals surface area contributed by atoms with Gasteiger partial charge in [0.25, 0.3) is 0 Å². The quantitative estimate of drug-likeness (QED) is 0.927. The molecular formula is C14H20F3NO2S. The van der Waals surface area contributed by atoms with Crippen LogP contribution in [0.2, 0.25) is 0 Å². The van der Waals surface area contributed by atoms with Gasteiger partial charge in [-0.3, -0.25) is 0 Å². The van der Waals surface area contributed by atoms with Crippen molar-refractivity contribution in [2.24, 2.45) is 11.7 Å². The van der Waals surface area contributed by atoms with Gasteiger partial charge in [0.15, 0.2) is 9.84 Å². The van der Waals surface area contributed by atoms with Crippen LogP contribution in [0.15, 0.2) is 29.2 Å². The number of sulfone groups is 1. The summed E-state index contributed by atoms with van der Waals surface area (Å²) in [5, 5.41) is 0. The van der Waals surface area contributed by atoms with Gasteiger partial charge >= 0.3 is 6.18 Å². The maximum absolute atomic E-state index is 12.6. The van der Waals surface area contributed by atoms with E-state index in [2.05, 4.69) is 0 Å². The van der Waals surface area contributed by atoms with Gasteiger partial charge in [-0.1, -0.05) is 32.9 Å². The predicted octanol–water partition coefficient (Wildman–Crippen LogP) is 2.90. The van der Waals surface area contributed by atoms with Crippen molar-refractivity contribution >= 4 is 9.84 Å². The van der Waals surface area contributed by atoms with E-state index in [1.807, 2.05) is 20.8 Å². The maximum atomic E-state index is 12.6. The van der Waals surface area contributed by atoms with E-state index in [0.29, 0.717) is 0 Å². The van der Waals surface area contributed by atoms with Crippen molar-refractivity contribution in [3.05, 3.63) is 29.8 Å². The second-order valence-corrected chi connectivity index (χ2v) is 8.06. The fraction of sp³-hybridized carbons (Fsp3) is 0.571.